The Labute approximate surface area is 152 Å². The zero-order valence-corrected chi connectivity index (χ0v) is 14.9. The van der Waals surface area contributed by atoms with Crippen molar-refractivity contribution in [3.05, 3.63) is 80.8 Å². The van der Waals surface area contributed by atoms with Gasteiger partial charge >= 0.3 is 0 Å². The maximum atomic E-state index is 12.9. The minimum absolute atomic E-state index is 0.138. The van der Waals surface area contributed by atoms with E-state index in [9.17, 15) is 4.79 Å². The monoisotopic (exact) mass is 356 g/mol. The Bertz CT molecular complexity index is 799. The summed E-state index contributed by atoms with van der Waals surface area (Å²) in [5, 5.41) is 1.40. The van der Waals surface area contributed by atoms with Crippen molar-refractivity contribution in [2.45, 2.75) is 19.8 Å². The van der Waals surface area contributed by atoms with E-state index in [4.69, 9.17) is 23.2 Å². The highest BCUT2D eigenvalue weighted by atomic mass is 35.5. The van der Waals surface area contributed by atoms with Crippen LogP contribution in [0.1, 0.15) is 30.9 Å². The van der Waals surface area contributed by atoms with Crippen LogP contribution >= 0.6 is 23.2 Å². The largest absolute Gasteiger partial charge is 0.289 e. The van der Waals surface area contributed by atoms with Gasteiger partial charge in [-0.05, 0) is 66.3 Å². The topological polar surface area (TPSA) is 17.1 Å². The number of hydrogen-bond donors (Lipinski definition) is 0. The molecule has 0 saturated heterocycles. The number of ketones is 1. The minimum Gasteiger partial charge on any atom is -0.289 e. The molecule has 0 radical (unpaired) electrons. The first kappa shape index (κ1) is 17.0. The fourth-order valence-corrected chi connectivity index (χ4v) is 3.15. The number of Topliss-reactive ketones (excluding diaryl/α,β-unsaturated/α-hetero) is 1. The molecule has 0 N–H and O–H groups in total. The Morgan fingerprint density at radius 2 is 1.38 bits per heavy atom. The van der Waals surface area contributed by atoms with Gasteiger partial charge in [-0.3, -0.25) is 4.79 Å². The molecule has 0 aliphatic heterocycles. The van der Waals surface area contributed by atoms with E-state index in [0.717, 1.165) is 35.1 Å². The molecular weight excluding hydrogens is 339 g/mol. The number of benzene rings is 2. The second-order valence-corrected chi connectivity index (χ2v) is 7.01. The van der Waals surface area contributed by atoms with Crippen molar-refractivity contribution in [2.75, 3.05) is 0 Å². The normalized spacial score (nSPS) is 21.5. The van der Waals surface area contributed by atoms with Crippen LogP contribution in [0.5, 0.6) is 0 Å². The smallest absolute Gasteiger partial charge is 0.185 e. The highest BCUT2D eigenvalue weighted by molar-refractivity contribution is 6.30. The van der Waals surface area contributed by atoms with Gasteiger partial charge in [-0.15, -0.1) is 0 Å². The highest BCUT2D eigenvalue weighted by Gasteiger charge is 2.26. The predicted molar refractivity (Wildman–Crippen MR) is 102 cm³/mol. The number of rotatable bonds is 2. The summed E-state index contributed by atoms with van der Waals surface area (Å²) in [5.41, 5.74) is 3.73. The molecular formula is C21H18Cl2O. The van der Waals surface area contributed by atoms with Crippen LogP contribution in [0.25, 0.3) is 12.2 Å². The number of carbonyl (C=O) groups is 1. The molecule has 2 aromatic carbocycles. The summed E-state index contributed by atoms with van der Waals surface area (Å²) < 4.78 is 0. The van der Waals surface area contributed by atoms with Gasteiger partial charge in [0.2, 0.25) is 0 Å². The molecule has 1 nitrogen and oxygen atoms in total. The van der Waals surface area contributed by atoms with E-state index in [-0.39, 0.29) is 11.7 Å². The van der Waals surface area contributed by atoms with Crippen LogP contribution < -0.4 is 0 Å². The van der Waals surface area contributed by atoms with E-state index in [1.807, 2.05) is 60.7 Å². The lowest BCUT2D eigenvalue weighted by Gasteiger charge is -2.23. The predicted octanol–water partition coefficient (Wildman–Crippen LogP) is 6.46. The van der Waals surface area contributed by atoms with Crippen LogP contribution in [0.3, 0.4) is 0 Å². The van der Waals surface area contributed by atoms with Crippen LogP contribution in [0, 0.1) is 5.92 Å². The number of hydrogen-bond acceptors (Lipinski definition) is 1. The number of allylic oxidation sites excluding steroid dienone is 2. The molecule has 0 amide bonds. The Morgan fingerprint density at radius 3 is 1.92 bits per heavy atom. The third kappa shape index (κ3) is 3.98. The maximum Gasteiger partial charge on any atom is 0.185 e. The second kappa shape index (κ2) is 7.38. The maximum absolute atomic E-state index is 12.9. The third-order valence-electron chi connectivity index (χ3n) is 4.33. The molecule has 1 atom stereocenters. The molecule has 3 rings (SSSR count). The molecule has 1 aliphatic carbocycles. The van der Waals surface area contributed by atoms with E-state index in [2.05, 4.69) is 6.92 Å². The van der Waals surface area contributed by atoms with Gasteiger partial charge in [-0.2, -0.15) is 0 Å². The summed E-state index contributed by atoms with van der Waals surface area (Å²) in [7, 11) is 0. The second-order valence-electron chi connectivity index (χ2n) is 6.14. The van der Waals surface area contributed by atoms with Crippen LogP contribution in [0.15, 0.2) is 59.7 Å². The first-order chi connectivity index (χ1) is 11.5. The van der Waals surface area contributed by atoms with Gasteiger partial charge in [0, 0.05) is 21.2 Å². The lowest BCUT2D eigenvalue weighted by atomic mass is 9.80. The van der Waals surface area contributed by atoms with Gasteiger partial charge < -0.3 is 0 Å². The van der Waals surface area contributed by atoms with Crippen molar-refractivity contribution in [3.8, 4) is 0 Å². The molecule has 2 aromatic rings. The molecule has 1 fully saturated rings. The van der Waals surface area contributed by atoms with E-state index >= 15 is 0 Å². The summed E-state index contributed by atoms with van der Waals surface area (Å²) in [6.07, 6.45) is 5.74. The van der Waals surface area contributed by atoms with Gasteiger partial charge in [-0.25, -0.2) is 0 Å². The fourth-order valence-electron chi connectivity index (χ4n) is 2.89. The van der Waals surface area contributed by atoms with Gasteiger partial charge in [0.15, 0.2) is 5.78 Å². The van der Waals surface area contributed by atoms with E-state index in [0.29, 0.717) is 10.0 Å². The van der Waals surface area contributed by atoms with Crippen molar-refractivity contribution in [1.82, 2.24) is 0 Å². The Morgan fingerprint density at radius 1 is 0.875 bits per heavy atom. The molecule has 24 heavy (non-hydrogen) atoms. The zero-order chi connectivity index (χ0) is 17.1. The van der Waals surface area contributed by atoms with Crippen molar-refractivity contribution < 1.29 is 4.79 Å². The first-order valence-electron chi connectivity index (χ1n) is 8.01. The average Bonchev–Trinajstić information content (AvgIpc) is 2.58. The quantitative estimate of drug-likeness (QED) is 0.564. The molecule has 1 saturated carbocycles. The number of carbonyl (C=O) groups excluding carboxylic acids is 1. The molecule has 0 heterocycles. The van der Waals surface area contributed by atoms with Crippen molar-refractivity contribution in [3.63, 3.8) is 0 Å². The first-order valence-corrected chi connectivity index (χ1v) is 8.76. The summed E-state index contributed by atoms with van der Waals surface area (Å²) in [6.45, 7) is 2.11. The van der Waals surface area contributed by atoms with Crippen molar-refractivity contribution in [2.24, 2.45) is 5.92 Å². The van der Waals surface area contributed by atoms with Crippen molar-refractivity contribution >= 4 is 41.1 Å². The van der Waals surface area contributed by atoms with E-state index in [1.165, 1.54) is 0 Å². The van der Waals surface area contributed by atoms with Gasteiger partial charge in [0.25, 0.3) is 0 Å². The average molecular weight is 357 g/mol. The standard InChI is InChI=1S/C21H18Cl2O/c1-14-2-7-17(12-15-3-8-18(22)9-4-15)21(24)20(14)13-16-5-10-19(23)11-6-16/h3-6,8-14H,2,7H2,1H3/b17-12+,20-13+. The van der Waals surface area contributed by atoms with E-state index in [1.54, 1.807) is 0 Å². The molecule has 3 heteroatoms. The van der Waals surface area contributed by atoms with Crippen LogP contribution in [0.4, 0.5) is 0 Å². The van der Waals surface area contributed by atoms with Gasteiger partial charge in [-0.1, -0.05) is 54.4 Å². The highest BCUT2D eigenvalue weighted by Crippen LogP contribution is 2.32. The lowest BCUT2D eigenvalue weighted by molar-refractivity contribution is -0.113. The Balaban J connectivity index is 1.91. The summed E-state index contributed by atoms with van der Waals surface area (Å²) in [4.78, 5) is 12.9. The summed E-state index contributed by atoms with van der Waals surface area (Å²) in [5.74, 6) is 0.397. The molecule has 0 spiro atoms. The molecule has 122 valence electrons. The Hall–Kier alpha value is -1.83. The van der Waals surface area contributed by atoms with Crippen molar-refractivity contribution in [1.29, 1.82) is 0 Å². The zero-order valence-electron chi connectivity index (χ0n) is 13.4. The van der Waals surface area contributed by atoms with Gasteiger partial charge in [0.05, 0.1) is 0 Å². The van der Waals surface area contributed by atoms with Crippen LogP contribution in [-0.2, 0) is 4.79 Å². The number of halogens is 2. The van der Waals surface area contributed by atoms with Crippen LogP contribution in [-0.4, -0.2) is 5.78 Å². The summed E-state index contributed by atoms with van der Waals surface area (Å²) in [6, 6.07) is 15.1. The molecule has 0 aromatic heterocycles. The third-order valence-corrected chi connectivity index (χ3v) is 4.84. The minimum atomic E-state index is 0.138. The lowest BCUT2D eigenvalue weighted by Crippen LogP contribution is -2.19. The van der Waals surface area contributed by atoms with Gasteiger partial charge in [0.1, 0.15) is 0 Å². The fraction of sp³-hybridized carbons (Fsp3) is 0.190. The van der Waals surface area contributed by atoms with Crippen LogP contribution in [0.2, 0.25) is 10.0 Å². The molecule has 1 aliphatic rings. The molecule has 0 bridgehead atoms. The van der Waals surface area contributed by atoms with E-state index < -0.39 is 0 Å². The summed E-state index contributed by atoms with van der Waals surface area (Å²) >= 11 is 11.9. The molecule has 1 unspecified atom stereocenters. The Kier molecular flexibility index (Phi) is 5.23. The SMILES string of the molecule is CC1CC/C(=C\c2ccc(Cl)cc2)C(=O)/C1=C/c1ccc(Cl)cc1.